The molecule has 0 saturated carbocycles. The monoisotopic (exact) mass is 218 g/mol. The lowest BCUT2D eigenvalue weighted by Crippen LogP contribution is -2.23. The molecule has 0 fully saturated rings. The van der Waals surface area contributed by atoms with Gasteiger partial charge in [-0.25, -0.2) is 0 Å². The summed E-state index contributed by atoms with van der Waals surface area (Å²) in [5.41, 5.74) is 1.47. The second-order valence-electron chi connectivity index (χ2n) is 3.44. The molecule has 4 heteroatoms. The van der Waals surface area contributed by atoms with Crippen LogP contribution in [0, 0.1) is 11.3 Å². The van der Waals surface area contributed by atoms with E-state index < -0.39 is 5.97 Å². The molecule has 2 N–H and O–H groups in total. The number of nitrogens with zero attached hydrogens (tertiary/aromatic N) is 1. The highest BCUT2D eigenvalue weighted by molar-refractivity contribution is 5.68. The van der Waals surface area contributed by atoms with E-state index in [1.807, 2.05) is 13.0 Å². The van der Waals surface area contributed by atoms with Crippen LogP contribution < -0.4 is 5.32 Å². The van der Waals surface area contributed by atoms with Crippen molar-refractivity contribution in [3.8, 4) is 6.07 Å². The van der Waals surface area contributed by atoms with E-state index in [1.54, 1.807) is 24.3 Å². The molecule has 4 nitrogen and oxygen atoms in total. The minimum Gasteiger partial charge on any atom is -0.481 e. The van der Waals surface area contributed by atoms with Gasteiger partial charge >= 0.3 is 5.97 Å². The van der Waals surface area contributed by atoms with Gasteiger partial charge in [0.2, 0.25) is 0 Å². The third-order valence-corrected chi connectivity index (χ3v) is 2.27. The molecule has 0 heterocycles. The number of carboxylic acid groups (broad SMARTS) is 1. The highest BCUT2D eigenvalue weighted by Crippen LogP contribution is 2.17. The summed E-state index contributed by atoms with van der Waals surface area (Å²) in [6.45, 7) is 2.64. The molecule has 0 aromatic heterocycles. The molecule has 0 saturated heterocycles. The molecule has 1 aromatic carbocycles. The molecule has 0 aliphatic heterocycles. The normalized spacial score (nSPS) is 11.8. The highest BCUT2D eigenvalue weighted by atomic mass is 16.4. The van der Waals surface area contributed by atoms with Gasteiger partial charge in [-0.1, -0.05) is 19.1 Å². The quantitative estimate of drug-likeness (QED) is 0.788. The van der Waals surface area contributed by atoms with Crippen molar-refractivity contribution >= 4 is 5.97 Å². The Morgan fingerprint density at radius 1 is 1.50 bits per heavy atom. The summed E-state index contributed by atoms with van der Waals surface area (Å²) in [7, 11) is 0. The highest BCUT2D eigenvalue weighted by Gasteiger charge is 2.13. The number of nitriles is 1. The van der Waals surface area contributed by atoms with E-state index in [-0.39, 0.29) is 12.5 Å². The molecule has 0 bridgehead atoms. The lowest BCUT2D eigenvalue weighted by atomic mass is 10.0. The Bertz CT molecular complexity index is 392. The molecule has 1 aromatic rings. The molecule has 1 rings (SSSR count). The van der Waals surface area contributed by atoms with Gasteiger partial charge in [-0.15, -0.1) is 0 Å². The number of aliphatic carboxylic acids is 1. The minimum absolute atomic E-state index is 0.0414. The molecular formula is C12H14N2O2. The van der Waals surface area contributed by atoms with E-state index in [2.05, 4.69) is 5.32 Å². The number of carbonyl (C=O) groups is 1. The Labute approximate surface area is 94.5 Å². The van der Waals surface area contributed by atoms with E-state index in [1.165, 1.54) is 0 Å². The Balaban J connectivity index is 2.84. The number of benzene rings is 1. The van der Waals surface area contributed by atoms with E-state index in [9.17, 15) is 4.79 Å². The fourth-order valence-corrected chi connectivity index (χ4v) is 1.52. The van der Waals surface area contributed by atoms with Crippen molar-refractivity contribution in [2.24, 2.45) is 0 Å². The summed E-state index contributed by atoms with van der Waals surface area (Å²) in [5, 5.41) is 20.5. The van der Waals surface area contributed by atoms with Crippen LogP contribution in [0.3, 0.4) is 0 Å². The Kier molecular flexibility index (Phi) is 4.49. The Morgan fingerprint density at radius 3 is 2.56 bits per heavy atom. The standard InChI is InChI=1S/C12H14N2O2/c1-2-14-11(7-12(15)16)10-5-3-9(8-13)4-6-10/h3-6,11,14H,2,7H2,1H3,(H,15,16). The van der Waals surface area contributed by atoms with Crippen LogP contribution in [0.2, 0.25) is 0 Å². The van der Waals surface area contributed by atoms with Crippen molar-refractivity contribution in [1.29, 1.82) is 5.26 Å². The molecule has 84 valence electrons. The predicted molar refractivity (Wildman–Crippen MR) is 59.8 cm³/mol. The number of hydrogen-bond acceptors (Lipinski definition) is 3. The van der Waals surface area contributed by atoms with E-state index in [0.717, 1.165) is 5.56 Å². The first kappa shape index (κ1) is 12.2. The first-order valence-corrected chi connectivity index (χ1v) is 5.12. The average Bonchev–Trinajstić information content (AvgIpc) is 2.28. The molecule has 0 amide bonds. The van der Waals surface area contributed by atoms with Crippen molar-refractivity contribution in [2.75, 3.05) is 6.54 Å². The van der Waals surface area contributed by atoms with Gasteiger partial charge in [0, 0.05) is 6.04 Å². The van der Waals surface area contributed by atoms with Crippen molar-refractivity contribution in [3.63, 3.8) is 0 Å². The van der Waals surface area contributed by atoms with E-state index in [4.69, 9.17) is 10.4 Å². The summed E-state index contributed by atoms with van der Waals surface area (Å²) >= 11 is 0. The Hall–Kier alpha value is -1.86. The first-order chi connectivity index (χ1) is 7.67. The maximum Gasteiger partial charge on any atom is 0.305 e. The predicted octanol–water partition coefficient (Wildman–Crippen LogP) is 1.68. The minimum atomic E-state index is -0.838. The number of nitrogens with one attached hydrogen (secondary N) is 1. The largest absolute Gasteiger partial charge is 0.481 e. The molecule has 1 atom stereocenters. The van der Waals surface area contributed by atoms with Gasteiger partial charge in [0.25, 0.3) is 0 Å². The number of carboxylic acids is 1. The van der Waals surface area contributed by atoms with Crippen molar-refractivity contribution in [3.05, 3.63) is 35.4 Å². The van der Waals surface area contributed by atoms with Gasteiger partial charge < -0.3 is 10.4 Å². The zero-order chi connectivity index (χ0) is 12.0. The van der Waals surface area contributed by atoms with Crippen LogP contribution in [0.15, 0.2) is 24.3 Å². The van der Waals surface area contributed by atoms with Crippen molar-refractivity contribution < 1.29 is 9.90 Å². The van der Waals surface area contributed by atoms with Crippen LogP contribution in [0.5, 0.6) is 0 Å². The van der Waals surface area contributed by atoms with Gasteiger partial charge in [0.15, 0.2) is 0 Å². The summed E-state index contributed by atoms with van der Waals surface area (Å²) in [4.78, 5) is 10.7. The fraction of sp³-hybridized carbons (Fsp3) is 0.333. The van der Waals surface area contributed by atoms with Crippen molar-refractivity contribution in [1.82, 2.24) is 5.32 Å². The summed E-state index contributed by atoms with van der Waals surface area (Å²) in [6, 6.07) is 8.80. The van der Waals surface area contributed by atoms with Gasteiger partial charge in [0.05, 0.1) is 18.1 Å². The SMILES string of the molecule is CCNC(CC(=O)O)c1ccc(C#N)cc1. The maximum atomic E-state index is 10.7. The first-order valence-electron chi connectivity index (χ1n) is 5.12. The van der Waals surface area contributed by atoms with E-state index >= 15 is 0 Å². The molecule has 0 spiro atoms. The topological polar surface area (TPSA) is 73.1 Å². The summed E-state index contributed by atoms with van der Waals surface area (Å²) in [5.74, 6) is -0.838. The van der Waals surface area contributed by atoms with Gasteiger partial charge in [-0.05, 0) is 24.2 Å². The zero-order valence-corrected chi connectivity index (χ0v) is 9.10. The van der Waals surface area contributed by atoms with Gasteiger partial charge in [0.1, 0.15) is 0 Å². The molecule has 0 aliphatic rings. The van der Waals surface area contributed by atoms with Gasteiger partial charge in [-0.3, -0.25) is 4.79 Å². The van der Waals surface area contributed by atoms with Crippen molar-refractivity contribution in [2.45, 2.75) is 19.4 Å². The zero-order valence-electron chi connectivity index (χ0n) is 9.10. The van der Waals surface area contributed by atoms with Crippen LogP contribution in [0.25, 0.3) is 0 Å². The molecule has 16 heavy (non-hydrogen) atoms. The smallest absolute Gasteiger partial charge is 0.305 e. The van der Waals surface area contributed by atoms with E-state index in [0.29, 0.717) is 12.1 Å². The van der Waals surface area contributed by atoms with Crippen LogP contribution in [0.1, 0.15) is 30.5 Å². The second kappa shape index (κ2) is 5.89. The number of rotatable bonds is 5. The summed E-state index contributed by atoms with van der Waals surface area (Å²) in [6.07, 6.45) is 0.0414. The molecule has 0 aliphatic carbocycles. The fourth-order valence-electron chi connectivity index (χ4n) is 1.52. The third-order valence-electron chi connectivity index (χ3n) is 2.27. The third kappa shape index (κ3) is 3.37. The lowest BCUT2D eigenvalue weighted by molar-refractivity contribution is -0.137. The van der Waals surface area contributed by atoms with Crippen LogP contribution in [-0.2, 0) is 4.79 Å². The second-order valence-corrected chi connectivity index (χ2v) is 3.44. The van der Waals surface area contributed by atoms with Crippen LogP contribution in [-0.4, -0.2) is 17.6 Å². The summed E-state index contributed by atoms with van der Waals surface area (Å²) < 4.78 is 0. The molecular weight excluding hydrogens is 204 g/mol. The maximum absolute atomic E-state index is 10.7. The number of hydrogen-bond donors (Lipinski definition) is 2. The van der Waals surface area contributed by atoms with Crippen LogP contribution >= 0.6 is 0 Å². The Morgan fingerprint density at radius 2 is 2.12 bits per heavy atom. The molecule has 0 radical (unpaired) electrons. The van der Waals surface area contributed by atoms with Crippen LogP contribution in [0.4, 0.5) is 0 Å². The lowest BCUT2D eigenvalue weighted by Gasteiger charge is -2.16. The average molecular weight is 218 g/mol. The van der Waals surface area contributed by atoms with Gasteiger partial charge in [-0.2, -0.15) is 5.26 Å². The molecule has 1 unspecified atom stereocenters.